The lowest BCUT2D eigenvalue weighted by Gasteiger charge is -2.35. The van der Waals surface area contributed by atoms with Crippen LogP contribution in [0.1, 0.15) is 30.7 Å². The molecule has 0 N–H and O–H groups in total. The van der Waals surface area contributed by atoms with E-state index in [2.05, 4.69) is 35.9 Å². The van der Waals surface area contributed by atoms with Crippen LogP contribution >= 0.6 is 11.3 Å². The second-order valence-electron chi connectivity index (χ2n) is 10.8. The van der Waals surface area contributed by atoms with Crippen LogP contribution in [0.2, 0.25) is 0 Å². The van der Waals surface area contributed by atoms with Gasteiger partial charge in [0.2, 0.25) is 15.9 Å². The number of fused-ring (bicyclic) bond motifs is 1. The maximum atomic E-state index is 13.7. The minimum atomic E-state index is -3.87. The molecule has 2 aromatic heterocycles. The Morgan fingerprint density at radius 3 is 2.37 bits per heavy atom. The lowest BCUT2D eigenvalue weighted by Crippen LogP contribution is -2.49. The molecule has 204 valence electrons. The maximum absolute atomic E-state index is 13.7. The van der Waals surface area contributed by atoms with Gasteiger partial charge in [0.1, 0.15) is 16.3 Å². The van der Waals surface area contributed by atoms with Gasteiger partial charge in [-0.25, -0.2) is 13.4 Å². The Bertz CT molecular complexity index is 1470. The van der Waals surface area contributed by atoms with Gasteiger partial charge in [-0.1, -0.05) is 44.2 Å². The van der Waals surface area contributed by atoms with Gasteiger partial charge in [0.25, 0.3) is 5.56 Å². The topological polar surface area (TPSA) is 95.8 Å². The number of amides is 1. The first-order valence-electron chi connectivity index (χ1n) is 13.2. The summed E-state index contributed by atoms with van der Waals surface area (Å²) in [6, 6.07) is 10.2. The van der Waals surface area contributed by atoms with Gasteiger partial charge in [0.15, 0.2) is 0 Å². The molecule has 0 aliphatic carbocycles. The van der Waals surface area contributed by atoms with E-state index in [1.165, 1.54) is 32.1 Å². The molecule has 3 aromatic rings. The Morgan fingerprint density at radius 1 is 1.05 bits per heavy atom. The van der Waals surface area contributed by atoms with Crippen molar-refractivity contribution in [3.8, 4) is 0 Å². The number of aryl methyl sites for hydroxylation is 1. The number of nitrogens with zero attached hydrogens (tertiary/aromatic N) is 5. The molecule has 4 heterocycles. The second kappa shape index (κ2) is 10.9. The third-order valence-electron chi connectivity index (χ3n) is 7.51. The summed E-state index contributed by atoms with van der Waals surface area (Å²) in [6.45, 7) is 10.1. The molecule has 0 bridgehead atoms. The summed E-state index contributed by atoms with van der Waals surface area (Å²) in [5.74, 6) is 0.334. The number of thiophene rings is 1. The van der Waals surface area contributed by atoms with Crippen molar-refractivity contribution in [1.82, 2.24) is 23.7 Å². The normalized spacial score (nSPS) is 21.7. The van der Waals surface area contributed by atoms with Crippen molar-refractivity contribution < 1.29 is 13.2 Å². The van der Waals surface area contributed by atoms with Gasteiger partial charge in [-0.2, -0.15) is 4.31 Å². The van der Waals surface area contributed by atoms with Crippen molar-refractivity contribution in [1.29, 1.82) is 0 Å². The van der Waals surface area contributed by atoms with E-state index in [-0.39, 0.29) is 34.6 Å². The van der Waals surface area contributed by atoms with Crippen LogP contribution in [0.25, 0.3) is 10.2 Å². The molecule has 2 fully saturated rings. The first kappa shape index (κ1) is 27.0. The van der Waals surface area contributed by atoms with Gasteiger partial charge >= 0.3 is 0 Å². The number of rotatable bonds is 6. The molecule has 11 heteroatoms. The summed E-state index contributed by atoms with van der Waals surface area (Å²) in [5, 5.41) is 0.0985. The smallest absolute Gasteiger partial charge is 0.263 e. The highest BCUT2D eigenvalue weighted by Crippen LogP contribution is 2.35. The van der Waals surface area contributed by atoms with Crippen LogP contribution < -0.4 is 5.56 Å². The molecule has 9 nitrogen and oxygen atoms in total. The highest BCUT2D eigenvalue weighted by atomic mass is 32.2. The van der Waals surface area contributed by atoms with E-state index in [9.17, 15) is 18.0 Å². The fourth-order valence-electron chi connectivity index (χ4n) is 5.71. The molecule has 1 aromatic carbocycles. The van der Waals surface area contributed by atoms with Gasteiger partial charge in [0, 0.05) is 50.7 Å². The lowest BCUT2D eigenvalue weighted by atomic mass is 9.94. The predicted molar refractivity (Wildman–Crippen MR) is 149 cm³/mol. The molecular formula is C27H35N5O4S2. The summed E-state index contributed by atoms with van der Waals surface area (Å²) in [4.78, 5) is 36.1. The highest BCUT2D eigenvalue weighted by Gasteiger charge is 2.36. The average Bonchev–Trinajstić information content (AvgIpc) is 3.23. The Balaban J connectivity index is 1.34. The Labute approximate surface area is 227 Å². The molecule has 0 unspecified atom stereocenters. The summed E-state index contributed by atoms with van der Waals surface area (Å²) >= 11 is 1.21. The minimum Gasteiger partial charge on any atom is -0.339 e. The monoisotopic (exact) mass is 557 g/mol. The average molecular weight is 558 g/mol. The van der Waals surface area contributed by atoms with Gasteiger partial charge in [-0.05, 0) is 30.7 Å². The van der Waals surface area contributed by atoms with Crippen LogP contribution in [0.15, 0.2) is 46.3 Å². The SMILES string of the molecule is Cc1sc2ncn(CC(=O)N3CCN(Cc4ccccc4)CC3)c(=O)c2c1S(=O)(=O)N1C[C@H](C)C[C@H](C)C1. The number of sulfonamides is 1. The fraction of sp³-hybridized carbons (Fsp3) is 0.519. The number of piperazine rings is 1. The zero-order valence-electron chi connectivity index (χ0n) is 22.2. The number of carbonyl (C=O) groups excluding carboxylic acids is 1. The van der Waals surface area contributed by atoms with Gasteiger partial charge in [-0.15, -0.1) is 11.3 Å². The van der Waals surface area contributed by atoms with Crippen molar-refractivity contribution >= 4 is 37.5 Å². The number of hydrogen-bond acceptors (Lipinski definition) is 7. The molecule has 38 heavy (non-hydrogen) atoms. The van der Waals surface area contributed by atoms with E-state index in [4.69, 9.17) is 0 Å². The van der Waals surface area contributed by atoms with E-state index in [0.29, 0.717) is 35.9 Å². The van der Waals surface area contributed by atoms with E-state index in [0.717, 1.165) is 26.1 Å². The summed E-state index contributed by atoms with van der Waals surface area (Å²) in [6.07, 6.45) is 2.35. The molecule has 2 aliphatic heterocycles. The molecule has 5 rings (SSSR count). The molecular weight excluding hydrogens is 522 g/mol. The van der Waals surface area contributed by atoms with Crippen molar-refractivity contribution in [2.75, 3.05) is 39.3 Å². The first-order valence-corrected chi connectivity index (χ1v) is 15.4. The van der Waals surface area contributed by atoms with Gasteiger partial charge in [-0.3, -0.25) is 19.1 Å². The van der Waals surface area contributed by atoms with E-state index in [1.54, 1.807) is 11.8 Å². The third kappa shape index (κ3) is 5.42. The maximum Gasteiger partial charge on any atom is 0.263 e. The van der Waals surface area contributed by atoms with E-state index >= 15 is 0 Å². The fourth-order valence-corrected chi connectivity index (χ4v) is 9.06. The Kier molecular flexibility index (Phi) is 7.72. The predicted octanol–water partition coefficient (Wildman–Crippen LogP) is 2.78. The van der Waals surface area contributed by atoms with Crippen LogP contribution in [-0.4, -0.2) is 77.2 Å². The molecule has 2 aliphatic rings. The summed E-state index contributed by atoms with van der Waals surface area (Å²) in [7, 11) is -3.87. The lowest BCUT2D eigenvalue weighted by molar-refractivity contribution is -0.133. The van der Waals surface area contributed by atoms with Crippen molar-refractivity contribution in [2.24, 2.45) is 11.8 Å². The van der Waals surface area contributed by atoms with Gasteiger partial charge < -0.3 is 4.90 Å². The summed E-state index contributed by atoms with van der Waals surface area (Å²) in [5.41, 5.74) is 0.760. The van der Waals surface area contributed by atoms with Crippen LogP contribution in [0.4, 0.5) is 0 Å². The number of piperidine rings is 1. The number of hydrogen-bond donors (Lipinski definition) is 0. The second-order valence-corrected chi connectivity index (χ2v) is 13.8. The van der Waals surface area contributed by atoms with E-state index in [1.807, 2.05) is 18.2 Å². The molecule has 0 saturated carbocycles. The molecule has 2 saturated heterocycles. The van der Waals surface area contributed by atoms with Crippen LogP contribution in [0.3, 0.4) is 0 Å². The zero-order chi connectivity index (χ0) is 27.0. The largest absolute Gasteiger partial charge is 0.339 e. The molecule has 1 amide bonds. The molecule has 0 spiro atoms. The third-order valence-corrected chi connectivity index (χ3v) is 10.7. The molecule has 2 atom stereocenters. The van der Waals surface area contributed by atoms with Crippen molar-refractivity contribution in [3.05, 3.63) is 57.5 Å². The summed E-state index contributed by atoms with van der Waals surface area (Å²) < 4.78 is 30.3. The van der Waals surface area contributed by atoms with Crippen LogP contribution in [0, 0.1) is 18.8 Å². The van der Waals surface area contributed by atoms with Crippen LogP contribution in [0.5, 0.6) is 0 Å². The van der Waals surface area contributed by atoms with E-state index < -0.39 is 15.6 Å². The van der Waals surface area contributed by atoms with Crippen molar-refractivity contribution in [2.45, 2.75) is 45.2 Å². The quantitative estimate of drug-likeness (QED) is 0.463. The Morgan fingerprint density at radius 2 is 1.71 bits per heavy atom. The minimum absolute atomic E-state index is 0.0487. The number of benzene rings is 1. The Hall–Kier alpha value is -2.60. The van der Waals surface area contributed by atoms with Crippen LogP contribution in [-0.2, 0) is 27.9 Å². The first-order chi connectivity index (χ1) is 18.1. The number of carbonyl (C=O) groups is 1. The molecule has 0 radical (unpaired) electrons. The zero-order valence-corrected chi connectivity index (χ0v) is 23.8. The van der Waals surface area contributed by atoms with Gasteiger partial charge in [0.05, 0.1) is 11.7 Å². The number of aromatic nitrogens is 2. The highest BCUT2D eigenvalue weighted by molar-refractivity contribution is 7.89. The van der Waals surface area contributed by atoms with Crippen molar-refractivity contribution in [3.63, 3.8) is 0 Å². The standard InChI is InChI=1S/C27H35N5O4S2/c1-19-13-20(2)15-32(14-19)38(35,36)25-21(3)37-26-24(25)27(34)31(18-28-26)17-23(33)30-11-9-29(10-12-30)16-22-7-5-4-6-8-22/h4-8,18-20H,9-17H2,1-3H3/t19-,20+.